The van der Waals surface area contributed by atoms with Crippen molar-refractivity contribution in [3.05, 3.63) is 47.1 Å². The Morgan fingerprint density at radius 3 is 2.73 bits per heavy atom. The minimum atomic E-state index is 0.433. The maximum Gasteiger partial charge on any atom is 0.212 e. The van der Waals surface area contributed by atoms with Crippen molar-refractivity contribution < 1.29 is 0 Å². The summed E-state index contributed by atoms with van der Waals surface area (Å²) in [6.07, 6.45) is 3.65. The van der Waals surface area contributed by atoms with E-state index in [0.29, 0.717) is 12.5 Å². The van der Waals surface area contributed by atoms with Crippen LogP contribution in [-0.2, 0) is 6.54 Å². The number of nitrogens with zero attached hydrogens (tertiary/aromatic N) is 4. The average molecular weight is 311 g/mol. The number of thiazole rings is 1. The molecule has 6 heteroatoms. The Morgan fingerprint density at radius 1 is 1.23 bits per heavy atom. The van der Waals surface area contributed by atoms with E-state index < -0.39 is 0 Å². The maximum absolute atomic E-state index is 5.82. The molecule has 0 amide bonds. The minimum absolute atomic E-state index is 0.433. The number of benzene rings is 1. The Kier molecular flexibility index (Phi) is 3.48. The van der Waals surface area contributed by atoms with Gasteiger partial charge >= 0.3 is 0 Å². The lowest BCUT2D eigenvalue weighted by Gasteiger charge is -2.25. The first-order chi connectivity index (χ1) is 10.9. The van der Waals surface area contributed by atoms with E-state index in [1.54, 1.807) is 11.3 Å². The van der Waals surface area contributed by atoms with E-state index in [0.717, 1.165) is 27.8 Å². The summed E-state index contributed by atoms with van der Waals surface area (Å²) in [6.45, 7) is 0.433. The molecule has 1 fully saturated rings. The van der Waals surface area contributed by atoms with Gasteiger partial charge in [-0.2, -0.15) is 4.68 Å². The Hall–Kier alpha value is -2.05. The first-order valence-electron chi connectivity index (χ1n) is 7.52. The minimum Gasteiger partial charge on any atom is -0.325 e. The fraction of sp³-hybridized carbons (Fsp3) is 0.312. The van der Waals surface area contributed by atoms with E-state index in [1.807, 2.05) is 22.9 Å². The molecule has 5 nitrogen and oxygen atoms in total. The SMILES string of the molecule is NCc1nnn(-c2nc(-c3ccccc3)cs2)c1C1CCC1. The van der Waals surface area contributed by atoms with Crippen molar-refractivity contribution in [3.63, 3.8) is 0 Å². The molecule has 0 saturated heterocycles. The summed E-state index contributed by atoms with van der Waals surface area (Å²) in [7, 11) is 0. The average Bonchev–Trinajstić information content (AvgIpc) is 3.13. The zero-order valence-corrected chi connectivity index (χ0v) is 13.0. The molecule has 3 aromatic rings. The Balaban J connectivity index is 1.74. The van der Waals surface area contributed by atoms with Gasteiger partial charge in [-0.05, 0) is 12.8 Å². The first-order valence-corrected chi connectivity index (χ1v) is 8.40. The van der Waals surface area contributed by atoms with Gasteiger partial charge in [0.25, 0.3) is 0 Å². The second-order valence-electron chi connectivity index (χ2n) is 5.55. The highest BCUT2D eigenvalue weighted by Gasteiger charge is 2.28. The van der Waals surface area contributed by atoms with Gasteiger partial charge in [0.15, 0.2) is 0 Å². The second-order valence-corrected chi connectivity index (χ2v) is 6.38. The number of aromatic nitrogens is 4. The molecular formula is C16H17N5S. The summed E-state index contributed by atoms with van der Waals surface area (Å²) in [4.78, 5) is 4.74. The normalized spacial score (nSPS) is 15.0. The predicted octanol–water partition coefficient (Wildman–Crippen LogP) is 3.12. The molecule has 4 rings (SSSR count). The Labute approximate surface area is 132 Å². The van der Waals surface area contributed by atoms with Crippen LogP contribution in [0.25, 0.3) is 16.4 Å². The predicted molar refractivity (Wildman–Crippen MR) is 87.0 cm³/mol. The van der Waals surface area contributed by atoms with Crippen molar-refractivity contribution in [2.45, 2.75) is 31.7 Å². The van der Waals surface area contributed by atoms with Crippen LogP contribution in [0.5, 0.6) is 0 Å². The molecule has 0 bridgehead atoms. The van der Waals surface area contributed by atoms with Gasteiger partial charge in [0.1, 0.15) is 5.69 Å². The zero-order valence-electron chi connectivity index (χ0n) is 12.1. The smallest absolute Gasteiger partial charge is 0.212 e. The molecular weight excluding hydrogens is 294 g/mol. The number of hydrogen-bond acceptors (Lipinski definition) is 5. The molecule has 2 aromatic heterocycles. The number of nitrogens with two attached hydrogens (primary N) is 1. The van der Waals surface area contributed by atoms with Gasteiger partial charge in [-0.1, -0.05) is 42.0 Å². The van der Waals surface area contributed by atoms with Crippen LogP contribution in [0.4, 0.5) is 0 Å². The fourth-order valence-electron chi connectivity index (χ4n) is 2.80. The van der Waals surface area contributed by atoms with E-state index in [1.165, 1.54) is 19.3 Å². The van der Waals surface area contributed by atoms with E-state index >= 15 is 0 Å². The lowest BCUT2D eigenvalue weighted by atomic mass is 9.82. The lowest BCUT2D eigenvalue weighted by molar-refractivity contribution is 0.401. The quantitative estimate of drug-likeness (QED) is 0.803. The molecule has 0 radical (unpaired) electrons. The van der Waals surface area contributed by atoms with Crippen LogP contribution in [0.15, 0.2) is 35.7 Å². The summed E-state index contributed by atoms with van der Waals surface area (Å²) in [5.41, 5.74) is 9.98. The molecule has 0 atom stereocenters. The monoisotopic (exact) mass is 311 g/mol. The lowest BCUT2D eigenvalue weighted by Crippen LogP contribution is -2.17. The summed E-state index contributed by atoms with van der Waals surface area (Å²) in [6, 6.07) is 10.2. The summed E-state index contributed by atoms with van der Waals surface area (Å²) in [5.74, 6) is 0.526. The number of hydrogen-bond donors (Lipinski definition) is 1. The molecule has 2 heterocycles. The van der Waals surface area contributed by atoms with Gasteiger partial charge in [-0.3, -0.25) is 0 Å². The van der Waals surface area contributed by atoms with Crippen molar-refractivity contribution in [3.8, 4) is 16.4 Å². The summed E-state index contributed by atoms with van der Waals surface area (Å²) < 4.78 is 1.89. The molecule has 1 aliphatic carbocycles. The van der Waals surface area contributed by atoms with Gasteiger partial charge in [0.05, 0.1) is 11.4 Å². The van der Waals surface area contributed by atoms with Gasteiger partial charge in [-0.15, -0.1) is 16.4 Å². The second kappa shape index (κ2) is 5.62. The Morgan fingerprint density at radius 2 is 2.05 bits per heavy atom. The van der Waals surface area contributed by atoms with Crippen LogP contribution in [0.3, 0.4) is 0 Å². The molecule has 0 unspecified atom stereocenters. The van der Waals surface area contributed by atoms with E-state index in [-0.39, 0.29) is 0 Å². The molecule has 0 spiro atoms. The van der Waals surface area contributed by atoms with Crippen LogP contribution in [0.1, 0.15) is 36.6 Å². The highest BCUT2D eigenvalue weighted by molar-refractivity contribution is 7.12. The van der Waals surface area contributed by atoms with Crippen molar-refractivity contribution in [2.75, 3.05) is 0 Å². The molecule has 1 saturated carbocycles. The summed E-state index contributed by atoms with van der Waals surface area (Å²) >= 11 is 1.60. The zero-order chi connectivity index (χ0) is 14.9. The standard InChI is InChI=1S/C16H17N5S/c17-9-13-15(12-7-4-8-12)21(20-19-13)16-18-14(10-22-16)11-5-2-1-3-6-11/h1-3,5-6,10,12H,4,7-9,17H2. The molecule has 22 heavy (non-hydrogen) atoms. The van der Waals surface area contributed by atoms with Crippen LogP contribution in [0.2, 0.25) is 0 Å². The van der Waals surface area contributed by atoms with E-state index in [2.05, 4.69) is 27.8 Å². The van der Waals surface area contributed by atoms with Crippen LogP contribution in [0, 0.1) is 0 Å². The van der Waals surface area contributed by atoms with Crippen molar-refractivity contribution in [1.82, 2.24) is 20.0 Å². The van der Waals surface area contributed by atoms with Crippen molar-refractivity contribution >= 4 is 11.3 Å². The summed E-state index contributed by atoms with van der Waals surface area (Å²) in [5, 5.41) is 11.5. The highest BCUT2D eigenvalue weighted by Crippen LogP contribution is 2.38. The molecule has 1 aliphatic rings. The largest absolute Gasteiger partial charge is 0.325 e. The highest BCUT2D eigenvalue weighted by atomic mass is 32.1. The van der Waals surface area contributed by atoms with Gasteiger partial charge < -0.3 is 5.73 Å². The number of rotatable bonds is 4. The topological polar surface area (TPSA) is 69.6 Å². The fourth-order valence-corrected chi connectivity index (χ4v) is 3.59. The van der Waals surface area contributed by atoms with Gasteiger partial charge in [0.2, 0.25) is 5.13 Å². The van der Waals surface area contributed by atoms with Gasteiger partial charge in [-0.25, -0.2) is 4.98 Å². The third kappa shape index (κ3) is 2.24. The van der Waals surface area contributed by atoms with Crippen molar-refractivity contribution in [2.24, 2.45) is 5.73 Å². The molecule has 0 aliphatic heterocycles. The maximum atomic E-state index is 5.82. The first kappa shape index (κ1) is 13.6. The Bertz CT molecular complexity index is 773. The van der Waals surface area contributed by atoms with Crippen molar-refractivity contribution in [1.29, 1.82) is 0 Å². The van der Waals surface area contributed by atoms with E-state index in [9.17, 15) is 0 Å². The van der Waals surface area contributed by atoms with Crippen LogP contribution in [-0.4, -0.2) is 20.0 Å². The third-order valence-corrected chi connectivity index (χ3v) is 5.02. The molecule has 112 valence electrons. The van der Waals surface area contributed by atoms with Gasteiger partial charge in [0, 0.05) is 23.4 Å². The van der Waals surface area contributed by atoms with Crippen LogP contribution >= 0.6 is 11.3 Å². The molecule has 2 N–H and O–H groups in total. The molecule has 1 aromatic carbocycles. The third-order valence-electron chi connectivity index (χ3n) is 4.21. The van der Waals surface area contributed by atoms with E-state index in [4.69, 9.17) is 10.7 Å². The van der Waals surface area contributed by atoms with Crippen LogP contribution < -0.4 is 5.73 Å².